The average Bonchev–Trinajstić information content (AvgIpc) is 2.56. The summed E-state index contributed by atoms with van der Waals surface area (Å²) in [7, 11) is 1.37. The fourth-order valence-corrected chi connectivity index (χ4v) is 2.21. The number of rotatable bonds is 7. The van der Waals surface area contributed by atoms with Gasteiger partial charge in [0, 0.05) is 6.54 Å². The topological polar surface area (TPSA) is 38.3 Å². The van der Waals surface area contributed by atoms with Crippen molar-refractivity contribution in [3.8, 4) is 0 Å². The van der Waals surface area contributed by atoms with Gasteiger partial charge in [0.2, 0.25) is 0 Å². The van der Waals surface area contributed by atoms with E-state index in [1.54, 1.807) is 18.2 Å². The zero-order valence-corrected chi connectivity index (χ0v) is 12.6. The molecule has 0 saturated heterocycles. The number of aryl methyl sites for hydroxylation is 1. The molecule has 0 spiro atoms. The molecule has 2 rings (SSSR count). The van der Waals surface area contributed by atoms with Crippen molar-refractivity contribution in [3.63, 3.8) is 0 Å². The highest BCUT2D eigenvalue weighted by Gasteiger charge is 2.04. The van der Waals surface area contributed by atoms with Crippen LogP contribution in [0.5, 0.6) is 0 Å². The second-order valence-electron chi connectivity index (χ2n) is 5.06. The molecule has 116 valence electrons. The Bertz CT molecular complexity index is 611. The smallest absolute Gasteiger partial charge is 0.337 e. The van der Waals surface area contributed by atoms with Crippen LogP contribution >= 0.6 is 0 Å². The first kappa shape index (κ1) is 16.2. The van der Waals surface area contributed by atoms with Crippen LogP contribution in [0.3, 0.4) is 0 Å². The van der Waals surface area contributed by atoms with Gasteiger partial charge in [-0.25, -0.2) is 9.18 Å². The van der Waals surface area contributed by atoms with Crippen LogP contribution in [0.1, 0.15) is 27.9 Å². The van der Waals surface area contributed by atoms with Crippen LogP contribution in [0, 0.1) is 5.82 Å². The third-order valence-electron chi connectivity index (χ3n) is 3.46. The highest BCUT2D eigenvalue weighted by atomic mass is 19.1. The molecular formula is C18H20FNO2. The molecule has 2 aromatic carbocycles. The molecule has 0 amide bonds. The molecule has 0 fully saturated rings. The number of nitrogens with one attached hydrogen (secondary N) is 1. The lowest BCUT2D eigenvalue weighted by Crippen LogP contribution is -2.15. The Morgan fingerprint density at radius 3 is 2.55 bits per heavy atom. The minimum Gasteiger partial charge on any atom is -0.465 e. The maximum atomic E-state index is 13.4. The second-order valence-corrected chi connectivity index (χ2v) is 5.06. The fraction of sp³-hybridized carbons (Fsp3) is 0.278. The lowest BCUT2D eigenvalue weighted by Gasteiger charge is -2.06. The Morgan fingerprint density at radius 1 is 1.14 bits per heavy atom. The minimum atomic E-state index is -0.329. The van der Waals surface area contributed by atoms with Crippen molar-refractivity contribution in [1.29, 1.82) is 0 Å². The predicted molar refractivity (Wildman–Crippen MR) is 84.2 cm³/mol. The number of ether oxygens (including phenoxy) is 1. The largest absolute Gasteiger partial charge is 0.465 e. The van der Waals surface area contributed by atoms with Gasteiger partial charge in [0.1, 0.15) is 5.82 Å². The van der Waals surface area contributed by atoms with E-state index in [4.69, 9.17) is 0 Å². The van der Waals surface area contributed by atoms with Crippen LogP contribution in [0.4, 0.5) is 4.39 Å². The summed E-state index contributed by atoms with van der Waals surface area (Å²) in [6, 6.07) is 14.2. The molecule has 0 aliphatic rings. The molecule has 2 aromatic rings. The van der Waals surface area contributed by atoms with Gasteiger partial charge >= 0.3 is 5.97 Å². The van der Waals surface area contributed by atoms with E-state index < -0.39 is 0 Å². The summed E-state index contributed by atoms with van der Waals surface area (Å²) in [6.07, 6.45) is 1.60. The van der Waals surface area contributed by atoms with Crippen LogP contribution in [0.2, 0.25) is 0 Å². The van der Waals surface area contributed by atoms with Gasteiger partial charge in [-0.3, -0.25) is 0 Å². The summed E-state index contributed by atoms with van der Waals surface area (Å²) < 4.78 is 18.1. The first-order valence-electron chi connectivity index (χ1n) is 7.32. The van der Waals surface area contributed by atoms with Crippen LogP contribution in [-0.4, -0.2) is 19.6 Å². The highest BCUT2D eigenvalue weighted by molar-refractivity contribution is 5.89. The number of esters is 1. The van der Waals surface area contributed by atoms with E-state index in [-0.39, 0.29) is 11.8 Å². The van der Waals surface area contributed by atoms with E-state index in [1.807, 2.05) is 24.3 Å². The Morgan fingerprint density at radius 2 is 1.86 bits per heavy atom. The maximum absolute atomic E-state index is 13.4. The van der Waals surface area contributed by atoms with E-state index in [9.17, 15) is 9.18 Å². The van der Waals surface area contributed by atoms with Gasteiger partial charge < -0.3 is 10.1 Å². The van der Waals surface area contributed by atoms with Crippen LogP contribution < -0.4 is 5.32 Å². The van der Waals surface area contributed by atoms with Gasteiger partial charge in [0.05, 0.1) is 12.7 Å². The van der Waals surface area contributed by atoms with E-state index in [2.05, 4.69) is 10.1 Å². The Balaban J connectivity index is 1.70. The van der Waals surface area contributed by atoms with Crippen LogP contribution in [0.15, 0.2) is 48.5 Å². The quantitative estimate of drug-likeness (QED) is 0.629. The van der Waals surface area contributed by atoms with Gasteiger partial charge in [-0.2, -0.15) is 0 Å². The molecule has 0 radical (unpaired) electrons. The van der Waals surface area contributed by atoms with Gasteiger partial charge in [-0.15, -0.1) is 0 Å². The second kappa shape index (κ2) is 8.29. The van der Waals surface area contributed by atoms with Crippen molar-refractivity contribution in [3.05, 3.63) is 71.0 Å². The summed E-state index contributed by atoms with van der Waals surface area (Å²) in [4.78, 5) is 11.3. The van der Waals surface area contributed by atoms with Crippen molar-refractivity contribution in [2.75, 3.05) is 13.7 Å². The molecule has 0 bridgehead atoms. The van der Waals surface area contributed by atoms with Crippen molar-refractivity contribution >= 4 is 5.97 Å². The van der Waals surface area contributed by atoms with Crippen LogP contribution in [0.25, 0.3) is 0 Å². The summed E-state index contributed by atoms with van der Waals surface area (Å²) in [5.41, 5.74) is 2.40. The molecule has 0 heterocycles. The third kappa shape index (κ3) is 4.67. The molecule has 0 aliphatic carbocycles. The van der Waals surface area contributed by atoms with Gasteiger partial charge in [-0.05, 0) is 48.7 Å². The number of carbonyl (C=O) groups is 1. The zero-order chi connectivity index (χ0) is 15.8. The van der Waals surface area contributed by atoms with E-state index in [0.29, 0.717) is 5.56 Å². The molecule has 4 heteroatoms. The summed E-state index contributed by atoms with van der Waals surface area (Å²) in [5.74, 6) is -0.467. The molecule has 0 aliphatic heterocycles. The van der Waals surface area contributed by atoms with Crippen LogP contribution in [-0.2, 0) is 17.7 Å². The average molecular weight is 301 g/mol. The number of hydrogen-bond acceptors (Lipinski definition) is 3. The number of hydrogen-bond donors (Lipinski definition) is 1. The van der Waals surface area contributed by atoms with Gasteiger partial charge in [0.15, 0.2) is 0 Å². The number of benzene rings is 2. The first-order valence-corrected chi connectivity index (χ1v) is 7.32. The summed E-state index contributed by atoms with van der Waals surface area (Å²) in [5, 5.41) is 3.32. The van der Waals surface area contributed by atoms with Crippen molar-refractivity contribution in [2.24, 2.45) is 0 Å². The molecular weight excluding hydrogens is 281 g/mol. The van der Waals surface area contributed by atoms with E-state index in [1.165, 1.54) is 13.2 Å². The summed E-state index contributed by atoms with van der Waals surface area (Å²) in [6.45, 7) is 1.53. The third-order valence-corrected chi connectivity index (χ3v) is 3.46. The van der Waals surface area contributed by atoms with Gasteiger partial charge in [-0.1, -0.05) is 30.3 Å². The molecule has 0 atom stereocenters. The van der Waals surface area contributed by atoms with Crippen molar-refractivity contribution in [2.45, 2.75) is 19.4 Å². The Hall–Kier alpha value is -2.20. The molecule has 3 nitrogen and oxygen atoms in total. The Labute approximate surface area is 130 Å². The summed E-state index contributed by atoms with van der Waals surface area (Å²) >= 11 is 0. The Kier molecular flexibility index (Phi) is 6.10. The number of halogens is 1. The van der Waals surface area contributed by atoms with Gasteiger partial charge in [0.25, 0.3) is 0 Å². The molecule has 0 unspecified atom stereocenters. The first-order chi connectivity index (χ1) is 10.7. The SMILES string of the molecule is COC(=O)c1ccc(CNCCCc2ccccc2F)cc1. The van der Waals surface area contributed by atoms with Crippen molar-refractivity contribution in [1.82, 2.24) is 5.32 Å². The normalized spacial score (nSPS) is 10.5. The van der Waals surface area contributed by atoms with E-state index in [0.717, 1.165) is 37.1 Å². The standard InChI is InChI=1S/C18H20FNO2/c1-22-18(21)16-10-8-14(9-11-16)13-20-12-4-6-15-5-2-3-7-17(15)19/h2-3,5,7-11,20H,4,6,12-13H2,1H3. The highest BCUT2D eigenvalue weighted by Crippen LogP contribution is 2.09. The molecule has 0 aromatic heterocycles. The monoisotopic (exact) mass is 301 g/mol. The molecule has 0 saturated carbocycles. The number of methoxy groups -OCH3 is 1. The fourth-order valence-electron chi connectivity index (χ4n) is 2.21. The van der Waals surface area contributed by atoms with Crippen molar-refractivity contribution < 1.29 is 13.9 Å². The lowest BCUT2D eigenvalue weighted by atomic mass is 10.1. The molecule has 22 heavy (non-hydrogen) atoms. The van der Waals surface area contributed by atoms with E-state index >= 15 is 0 Å². The zero-order valence-electron chi connectivity index (χ0n) is 12.6. The minimum absolute atomic E-state index is 0.138. The lowest BCUT2D eigenvalue weighted by molar-refractivity contribution is 0.0600. The maximum Gasteiger partial charge on any atom is 0.337 e. The number of carbonyl (C=O) groups excluding carboxylic acids is 1. The predicted octanol–water partition coefficient (Wildman–Crippen LogP) is 3.33. The molecule has 1 N–H and O–H groups in total.